The molecule has 154 valence electrons. The Hall–Kier alpha value is -3.23. The molecule has 3 aromatic rings. The molecule has 30 heavy (non-hydrogen) atoms. The first-order chi connectivity index (χ1) is 14.2. The lowest BCUT2D eigenvalue weighted by Crippen LogP contribution is -2.30. The Morgan fingerprint density at radius 2 is 1.93 bits per heavy atom. The van der Waals surface area contributed by atoms with E-state index in [4.69, 9.17) is 27.9 Å². The van der Waals surface area contributed by atoms with Crippen LogP contribution in [0.2, 0.25) is 10.2 Å². The molecule has 1 aromatic heterocycles. The molecule has 0 spiro atoms. The van der Waals surface area contributed by atoms with Gasteiger partial charge in [0, 0.05) is 22.6 Å². The molecule has 0 radical (unpaired) electrons. The maximum absolute atomic E-state index is 12.1. The fourth-order valence-corrected chi connectivity index (χ4v) is 3.04. The molecule has 1 N–H and O–H groups in total. The van der Waals surface area contributed by atoms with Crippen LogP contribution in [0.25, 0.3) is 10.9 Å². The summed E-state index contributed by atoms with van der Waals surface area (Å²) in [7, 11) is 0. The average molecular weight is 448 g/mol. The highest BCUT2D eigenvalue weighted by molar-refractivity contribution is 6.32. The number of carbonyl (C=O) groups excluding carboxylic acids is 2. The van der Waals surface area contributed by atoms with Crippen molar-refractivity contribution >= 4 is 51.7 Å². The van der Waals surface area contributed by atoms with Crippen molar-refractivity contribution in [2.24, 2.45) is 0 Å². The van der Waals surface area contributed by atoms with Crippen LogP contribution < -0.4 is 5.32 Å². The standard InChI is InChI=1S/C20H15Cl2N3O5/c1-11-2-3-12-7-14(19(22)24-16(12)6-11)10-30-18(26)9-23-20(27)13-4-5-15(21)17(8-13)25(28)29/h2-8H,9-10H2,1H3,(H,23,27). The number of halogens is 2. The molecule has 2 aromatic carbocycles. The molecule has 0 aliphatic heterocycles. The maximum atomic E-state index is 12.1. The van der Waals surface area contributed by atoms with E-state index in [1.807, 2.05) is 25.1 Å². The zero-order valence-corrected chi connectivity index (χ0v) is 17.2. The number of benzene rings is 2. The van der Waals surface area contributed by atoms with Gasteiger partial charge in [0.2, 0.25) is 0 Å². The van der Waals surface area contributed by atoms with Crippen LogP contribution >= 0.6 is 23.2 Å². The van der Waals surface area contributed by atoms with Gasteiger partial charge in [0.1, 0.15) is 23.3 Å². The van der Waals surface area contributed by atoms with Crippen molar-refractivity contribution < 1.29 is 19.2 Å². The summed E-state index contributed by atoms with van der Waals surface area (Å²) < 4.78 is 5.14. The highest BCUT2D eigenvalue weighted by Crippen LogP contribution is 2.25. The Kier molecular flexibility index (Phi) is 6.49. The largest absolute Gasteiger partial charge is 0.459 e. The van der Waals surface area contributed by atoms with E-state index in [0.29, 0.717) is 5.56 Å². The molecule has 0 atom stereocenters. The van der Waals surface area contributed by atoms with E-state index in [9.17, 15) is 19.7 Å². The number of aryl methyl sites for hydroxylation is 1. The molecular weight excluding hydrogens is 433 g/mol. The minimum Gasteiger partial charge on any atom is -0.459 e. The molecule has 0 saturated heterocycles. The van der Waals surface area contributed by atoms with Gasteiger partial charge in [-0.2, -0.15) is 0 Å². The van der Waals surface area contributed by atoms with Crippen molar-refractivity contribution in [1.82, 2.24) is 10.3 Å². The predicted octanol–water partition coefficient (Wildman–Crippen LogP) is 4.23. The third kappa shape index (κ3) is 5.03. The fraction of sp³-hybridized carbons (Fsp3) is 0.150. The van der Waals surface area contributed by atoms with Gasteiger partial charge >= 0.3 is 5.97 Å². The van der Waals surface area contributed by atoms with Gasteiger partial charge in [-0.15, -0.1) is 0 Å². The molecule has 0 fully saturated rings. The second kappa shape index (κ2) is 9.06. The third-order valence-electron chi connectivity index (χ3n) is 4.19. The number of ether oxygens (including phenoxy) is 1. The maximum Gasteiger partial charge on any atom is 0.325 e. The Morgan fingerprint density at radius 1 is 1.17 bits per heavy atom. The van der Waals surface area contributed by atoms with Gasteiger partial charge in [-0.05, 0) is 36.8 Å². The number of nitrogens with one attached hydrogen (secondary N) is 1. The summed E-state index contributed by atoms with van der Waals surface area (Å²) in [5.41, 5.74) is 1.91. The lowest BCUT2D eigenvalue weighted by Gasteiger charge is -2.09. The number of nitro benzene ring substituents is 1. The number of esters is 1. The van der Waals surface area contributed by atoms with Crippen LogP contribution in [0.4, 0.5) is 5.69 Å². The van der Waals surface area contributed by atoms with Crippen LogP contribution in [0, 0.1) is 17.0 Å². The van der Waals surface area contributed by atoms with E-state index in [1.165, 1.54) is 12.1 Å². The quantitative estimate of drug-likeness (QED) is 0.262. The number of aromatic nitrogens is 1. The van der Waals surface area contributed by atoms with Crippen molar-refractivity contribution in [3.8, 4) is 0 Å². The number of carbonyl (C=O) groups is 2. The van der Waals surface area contributed by atoms with Gasteiger partial charge in [0.05, 0.1) is 10.4 Å². The van der Waals surface area contributed by atoms with E-state index < -0.39 is 29.0 Å². The van der Waals surface area contributed by atoms with Gasteiger partial charge in [-0.1, -0.05) is 35.3 Å². The van der Waals surface area contributed by atoms with Crippen LogP contribution in [-0.2, 0) is 16.1 Å². The summed E-state index contributed by atoms with van der Waals surface area (Å²) in [4.78, 5) is 38.6. The van der Waals surface area contributed by atoms with Gasteiger partial charge < -0.3 is 10.1 Å². The molecule has 8 nitrogen and oxygen atoms in total. The molecular formula is C20H15Cl2N3O5. The number of rotatable bonds is 6. The molecule has 0 aliphatic rings. The molecule has 0 saturated carbocycles. The molecule has 0 unspecified atom stereocenters. The predicted molar refractivity (Wildman–Crippen MR) is 112 cm³/mol. The minimum absolute atomic E-state index is 0.00373. The van der Waals surface area contributed by atoms with Crippen molar-refractivity contribution in [2.45, 2.75) is 13.5 Å². The monoisotopic (exact) mass is 447 g/mol. The molecule has 1 heterocycles. The topological polar surface area (TPSA) is 111 Å². The van der Waals surface area contributed by atoms with Crippen LogP contribution in [0.5, 0.6) is 0 Å². The number of hydrogen-bond acceptors (Lipinski definition) is 6. The smallest absolute Gasteiger partial charge is 0.325 e. The van der Waals surface area contributed by atoms with Gasteiger partial charge in [0.25, 0.3) is 11.6 Å². The summed E-state index contributed by atoms with van der Waals surface area (Å²) >= 11 is 11.9. The third-order valence-corrected chi connectivity index (χ3v) is 4.83. The van der Waals surface area contributed by atoms with Crippen LogP contribution in [-0.4, -0.2) is 28.3 Å². The van der Waals surface area contributed by atoms with Crippen molar-refractivity contribution in [2.75, 3.05) is 6.54 Å². The van der Waals surface area contributed by atoms with E-state index in [2.05, 4.69) is 10.3 Å². The first kappa shape index (κ1) is 21.5. The van der Waals surface area contributed by atoms with Gasteiger partial charge in [-0.3, -0.25) is 19.7 Å². The second-order valence-corrected chi connectivity index (χ2v) is 7.17. The second-order valence-electron chi connectivity index (χ2n) is 6.40. The molecule has 0 bridgehead atoms. The SMILES string of the molecule is Cc1ccc2cc(COC(=O)CNC(=O)c3ccc(Cl)c([N+](=O)[O-])c3)c(Cl)nc2c1. The van der Waals surface area contributed by atoms with Crippen LogP contribution in [0.15, 0.2) is 42.5 Å². The number of hydrogen-bond donors (Lipinski definition) is 1. The minimum atomic E-state index is -0.702. The van der Waals surface area contributed by atoms with Crippen molar-refractivity contribution in [1.29, 1.82) is 0 Å². The van der Waals surface area contributed by atoms with E-state index in [-0.39, 0.29) is 22.3 Å². The fourth-order valence-electron chi connectivity index (χ4n) is 2.66. The van der Waals surface area contributed by atoms with Crippen LogP contribution in [0.1, 0.15) is 21.5 Å². The number of fused-ring (bicyclic) bond motifs is 1. The molecule has 10 heteroatoms. The number of nitro groups is 1. The van der Waals surface area contributed by atoms with E-state index >= 15 is 0 Å². The van der Waals surface area contributed by atoms with Crippen molar-refractivity contribution in [3.05, 3.63) is 79.4 Å². The highest BCUT2D eigenvalue weighted by Gasteiger charge is 2.17. The summed E-state index contributed by atoms with van der Waals surface area (Å²) in [6, 6.07) is 11.1. The van der Waals surface area contributed by atoms with Gasteiger partial charge in [-0.25, -0.2) is 4.98 Å². The summed E-state index contributed by atoms with van der Waals surface area (Å²) in [6.45, 7) is 1.41. The normalized spacial score (nSPS) is 10.6. The number of pyridine rings is 1. The summed E-state index contributed by atoms with van der Waals surface area (Å²) in [5.74, 6) is -1.38. The molecule has 1 amide bonds. The summed E-state index contributed by atoms with van der Waals surface area (Å²) in [5, 5.41) is 14.2. The van der Waals surface area contributed by atoms with Gasteiger partial charge in [0.15, 0.2) is 0 Å². The molecule has 0 aliphatic carbocycles. The highest BCUT2D eigenvalue weighted by atomic mass is 35.5. The van der Waals surface area contributed by atoms with Crippen LogP contribution in [0.3, 0.4) is 0 Å². The zero-order chi connectivity index (χ0) is 21.8. The lowest BCUT2D eigenvalue weighted by atomic mass is 10.1. The Bertz CT molecular complexity index is 1170. The van der Waals surface area contributed by atoms with Crippen molar-refractivity contribution in [3.63, 3.8) is 0 Å². The summed E-state index contributed by atoms with van der Waals surface area (Å²) in [6.07, 6.45) is 0. The first-order valence-electron chi connectivity index (χ1n) is 8.68. The average Bonchev–Trinajstić information content (AvgIpc) is 2.70. The lowest BCUT2D eigenvalue weighted by molar-refractivity contribution is -0.384. The number of nitrogens with zero attached hydrogens (tertiary/aromatic N) is 2. The zero-order valence-electron chi connectivity index (χ0n) is 15.6. The van der Waals surface area contributed by atoms with E-state index in [1.54, 1.807) is 6.07 Å². The Labute approximate surface area is 180 Å². The Balaban J connectivity index is 1.59. The first-order valence-corrected chi connectivity index (χ1v) is 9.43. The Morgan fingerprint density at radius 3 is 2.67 bits per heavy atom. The number of amides is 1. The van der Waals surface area contributed by atoms with E-state index in [0.717, 1.165) is 22.5 Å². The molecule has 3 rings (SSSR count).